The molecule has 0 aliphatic carbocycles. The number of aliphatic hydroxyl groups excluding tert-OH is 1. The summed E-state index contributed by atoms with van der Waals surface area (Å²) in [5, 5.41) is 19.0. The monoisotopic (exact) mass is 262 g/mol. The Balaban J connectivity index is 2.57. The van der Waals surface area contributed by atoms with Gasteiger partial charge in [0, 0.05) is 24.2 Å². The second-order valence-electron chi connectivity index (χ2n) is 4.75. The Labute approximate surface area is 111 Å². The Hall–Kier alpha value is -1.81. The first kappa shape index (κ1) is 13.6. The Morgan fingerprint density at radius 1 is 1.16 bits per heavy atom. The molecule has 0 saturated carbocycles. The van der Waals surface area contributed by atoms with Gasteiger partial charge in [0.1, 0.15) is 17.1 Å². The normalized spacial score (nSPS) is 11.1. The fourth-order valence-electron chi connectivity index (χ4n) is 2.16. The molecular formula is C15H18O4. The molecule has 0 spiro atoms. The summed E-state index contributed by atoms with van der Waals surface area (Å²) in [5.41, 5.74) is 1.59. The van der Waals surface area contributed by atoms with Crippen LogP contribution in [0.5, 0.6) is 5.75 Å². The van der Waals surface area contributed by atoms with Crippen molar-refractivity contribution in [1.82, 2.24) is 0 Å². The van der Waals surface area contributed by atoms with Crippen LogP contribution in [0.1, 0.15) is 29.7 Å². The fourth-order valence-corrected chi connectivity index (χ4v) is 2.16. The second-order valence-corrected chi connectivity index (χ2v) is 4.75. The van der Waals surface area contributed by atoms with Crippen LogP contribution in [0.4, 0.5) is 0 Å². The van der Waals surface area contributed by atoms with E-state index in [1.54, 1.807) is 19.9 Å². The summed E-state index contributed by atoms with van der Waals surface area (Å²) in [4.78, 5) is 12.3. The van der Waals surface area contributed by atoms with Crippen molar-refractivity contribution < 1.29 is 14.6 Å². The molecule has 1 aromatic heterocycles. The van der Waals surface area contributed by atoms with Gasteiger partial charge in [-0.05, 0) is 38.8 Å². The zero-order chi connectivity index (χ0) is 14.0. The minimum atomic E-state index is -0.0525. The van der Waals surface area contributed by atoms with E-state index in [0.29, 0.717) is 40.7 Å². The quantitative estimate of drug-likeness (QED) is 0.830. The van der Waals surface area contributed by atoms with Crippen LogP contribution in [0, 0.1) is 13.8 Å². The van der Waals surface area contributed by atoms with Crippen molar-refractivity contribution in [3.8, 4) is 5.75 Å². The second kappa shape index (κ2) is 5.45. The van der Waals surface area contributed by atoms with Gasteiger partial charge in [-0.25, -0.2) is 0 Å². The van der Waals surface area contributed by atoms with Crippen LogP contribution < -0.4 is 5.43 Å². The van der Waals surface area contributed by atoms with E-state index >= 15 is 0 Å². The van der Waals surface area contributed by atoms with Crippen molar-refractivity contribution in [3.63, 3.8) is 0 Å². The SMILES string of the molecule is Cc1c(CCCCO)oc2c(C)c(O)ccc2c1=O. The van der Waals surface area contributed by atoms with Gasteiger partial charge >= 0.3 is 0 Å². The lowest BCUT2D eigenvalue weighted by Gasteiger charge is -2.09. The molecule has 0 amide bonds. The molecule has 0 aliphatic rings. The predicted octanol–water partition coefficient (Wildman–Crippen LogP) is 2.43. The number of phenolic OH excluding ortho intramolecular Hbond substituents is 1. The van der Waals surface area contributed by atoms with E-state index in [2.05, 4.69) is 0 Å². The van der Waals surface area contributed by atoms with E-state index in [0.717, 1.165) is 6.42 Å². The lowest BCUT2D eigenvalue weighted by molar-refractivity contribution is 0.283. The summed E-state index contributed by atoms with van der Waals surface area (Å²) in [6, 6.07) is 3.10. The van der Waals surface area contributed by atoms with E-state index < -0.39 is 0 Å². The minimum Gasteiger partial charge on any atom is -0.508 e. The largest absolute Gasteiger partial charge is 0.508 e. The molecule has 102 valence electrons. The maximum absolute atomic E-state index is 12.3. The van der Waals surface area contributed by atoms with Gasteiger partial charge in [-0.1, -0.05) is 0 Å². The highest BCUT2D eigenvalue weighted by Crippen LogP contribution is 2.26. The minimum absolute atomic E-state index is 0.0525. The van der Waals surface area contributed by atoms with Crippen molar-refractivity contribution in [2.45, 2.75) is 33.1 Å². The molecule has 1 heterocycles. The highest BCUT2D eigenvalue weighted by Gasteiger charge is 2.13. The molecule has 0 bridgehead atoms. The molecule has 4 nitrogen and oxygen atoms in total. The number of hydrogen-bond donors (Lipinski definition) is 2. The number of aromatic hydroxyl groups is 1. The molecule has 2 aromatic rings. The molecular weight excluding hydrogens is 244 g/mol. The molecule has 4 heteroatoms. The third-order valence-corrected chi connectivity index (χ3v) is 3.42. The van der Waals surface area contributed by atoms with Crippen molar-refractivity contribution in [3.05, 3.63) is 39.2 Å². The standard InChI is InChI=1S/C15H18O4/c1-9-12(17)7-6-11-14(18)10(2)13(19-15(9)11)5-3-4-8-16/h6-7,16-17H,3-5,8H2,1-2H3. The average Bonchev–Trinajstić information content (AvgIpc) is 2.40. The maximum Gasteiger partial charge on any atom is 0.195 e. The molecule has 0 saturated heterocycles. The van der Waals surface area contributed by atoms with Gasteiger partial charge in [0.25, 0.3) is 0 Å². The van der Waals surface area contributed by atoms with Gasteiger partial charge in [-0.2, -0.15) is 0 Å². The number of aryl methyl sites for hydroxylation is 2. The molecule has 2 N–H and O–H groups in total. The smallest absolute Gasteiger partial charge is 0.195 e. The molecule has 0 aliphatic heterocycles. The predicted molar refractivity (Wildman–Crippen MR) is 73.6 cm³/mol. The van der Waals surface area contributed by atoms with Gasteiger partial charge in [-0.3, -0.25) is 4.79 Å². The van der Waals surface area contributed by atoms with Gasteiger partial charge in [-0.15, -0.1) is 0 Å². The maximum atomic E-state index is 12.3. The lowest BCUT2D eigenvalue weighted by Crippen LogP contribution is -2.10. The van der Waals surface area contributed by atoms with Crippen LogP contribution in [0.25, 0.3) is 11.0 Å². The number of fused-ring (bicyclic) bond motifs is 1. The van der Waals surface area contributed by atoms with E-state index in [1.165, 1.54) is 6.07 Å². The Bertz CT molecular complexity index is 655. The van der Waals surface area contributed by atoms with Gasteiger partial charge < -0.3 is 14.6 Å². The summed E-state index contributed by atoms with van der Waals surface area (Å²) in [6.07, 6.45) is 2.07. The van der Waals surface area contributed by atoms with Crippen molar-refractivity contribution in [1.29, 1.82) is 0 Å². The first-order chi connectivity index (χ1) is 9.06. The van der Waals surface area contributed by atoms with E-state index in [1.807, 2.05) is 0 Å². The summed E-state index contributed by atoms with van der Waals surface area (Å²) < 4.78 is 5.79. The van der Waals surface area contributed by atoms with Crippen molar-refractivity contribution in [2.24, 2.45) is 0 Å². The van der Waals surface area contributed by atoms with E-state index in [9.17, 15) is 9.90 Å². The third kappa shape index (κ3) is 2.49. The molecule has 0 fully saturated rings. The van der Waals surface area contributed by atoms with E-state index in [-0.39, 0.29) is 17.8 Å². The number of aliphatic hydroxyl groups is 1. The number of benzene rings is 1. The highest BCUT2D eigenvalue weighted by atomic mass is 16.3. The fraction of sp³-hybridized carbons (Fsp3) is 0.400. The lowest BCUT2D eigenvalue weighted by atomic mass is 10.1. The molecule has 19 heavy (non-hydrogen) atoms. The van der Waals surface area contributed by atoms with Gasteiger partial charge in [0.15, 0.2) is 5.43 Å². The zero-order valence-corrected chi connectivity index (χ0v) is 11.2. The number of phenols is 1. The van der Waals surface area contributed by atoms with E-state index in [4.69, 9.17) is 9.52 Å². The number of unbranched alkanes of at least 4 members (excludes halogenated alkanes) is 1. The topological polar surface area (TPSA) is 70.7 Å². The van der Waals surface area contributed by atoms with Crippen molar-refractivity contribution in [2.75, 3.05) is 6.61 Å². The van der Waals surface area contributed by atoms with Gasteiger partial charge in [0.05, 0.1) is 5.39 Å². The Kier molecular flexibility index (Phi) is 3.90. The van der Waals surface area contributed by atoms with Crippen LogP contribution >= 0.6 is 0 Å². The molecule has 0 radical (unpaired) electrons. The summed E-state index contributed by atoms with van der Waals surface area (Å²) >= 11 is 0. The summed E-state index contributed by atoms with van der Waals surface area (Å²) in [6.45, 7) is 3.62. The average molecular weight is 262 g/mol. The molecule has 0 atom stereocenters. The number of hydrogen-bond acceptors (Lipinski definition) is 4. The zero-order valence-electron chi connectivity index (χ0n) is 11.2. The summed E-state index contributed by atoms with van der Waals surface area (Å²) in [5.74, 6) is 0.764. The van der Waals surface area contributed by atoms with Crippen molar-refractivity contribution >= 4 is 11.0 Å². The third-order valence-electron chi connectivity index (χ3n) is 3.42. The Morgan fingerprint density at radius 2 is 1.89 bits per heavy atom. The van der Waals surface area contributed by atoms with Gasteiger partial charge in [0.2, 0.25) is 0 Å². The molecule has 0 unspecified atom stereocenters. The molecule has 1 aromatic carbocycles. The van der Waals surface area contributed by atoms with Crippen LogP contribution in [0.2, 0.25) is 0 Å². The van der Waals surface area contributed by atoms with Crippen LogP contribution in [-0.4, -0.2) is 16.8 Å². The number of rotatable bonds is 4. The van der Waals surface area contributed by atoms with Crippen LogP contribution in [0.15, 0.2) is 21.3 Å². The highest BCUT2D eigenvalue weighted by molar-refractivity contribution is 5.82. The van der Waals surface area contributed by atoms with Crippen LogP contribution in [0.3, 0.4) is 0 Å². The first-order valence-electron chi connectivity index (χ1n) is 6.42. The summed E-state index contributed by atoms with van der Waals surface area (Å²) in [7, 11) is 0. The van der Waals surface area contributed by atoms with Crippen LogP contribution in [-0.2, 0) is 6.42 Å². The first-order valence-corrected chi connectivity index (χ1v) is 6.42. The Morgan fingerprint density at radius 3 is 2.58 bits per heavy atom. The molecule has 2 rings (SSSR count).